The molecule has 0 amide bonds. The van der Waals surface area contributed by atoms with E-state index in [1.54, 1.807) is 0 Å². The molecule has 0 saturated carbocycles. The summed E-state index contributed by atoms with van der Waals surface area (Å²) in [4.78, 5) is 27.8. The molecule has 0 saturated heterocycles. The third-order valence-corrected chi connectivity index (χ3v) is 3.82. The molecule has 0 fully saturated rings. The summed E-state index contributed by atoms with van der Waals surface area (Å²) in [6.45, 7) is 0. The lowest BCUT2D eigenvalue weighted by Crippen LogP contribution is -2.32. The number of nitrogens with zero attached hydrogens (tertiary/aromatic N) is 2. The summed E-state index contributed by atoms with van der Waals surface area (Å²) in [7, 11) is 0. The Labute approximate surface area is 120 Å². The largest absolute Gasteiger partial charge is 0.492 e. The predicted molar refractivity (Wildman–Crippen MR) is 76.9 cm³/mol. The van der Waals surface area contributed by atoms with Gasteiger partial charge in [0.1, 0.15) is 5.82 Å². The number of benzene rings is 1. The zero-order valence-electron chi connectivity index (χ0n) is 10.4. The molecule has 2 aromatic heterocycles. The predicted octanol–water partition coefficient (Wildman–Crippen LogP) is 0.0908. The molecule has 0 aliphatic carbocycles. The average molecular weight is 305 g/mol. The minimum Gasteiger partial charge on any atom is -0.492 e. The summed E-state index contributed by atoms with van der Waals surface area (Å²) >= 11 is 0.934. The van der Waals surface area contributed by atoms with Crippen LogP contribution in [0.2, 0.25) is 0 Å². The summed E-state index contributed by atoms with van der Waals surface area (Å²) < 4.78 is 13.9. The molecule has 0 radical (unpaired) electrons. The van der Waals surface area contributed by atoms with Gasteiger partial charge in [0, 0.05) is 0 Å². The molecule has 3 N–H and O–H groups in total. The van der Waals surface area contributed by atoms with Gasteiger partial charge in [-0.1, -0.05) is 23.5 Å². The van der Waals surface area contributed by atoms with Gasteiger partial charge in [-0.25, -0.2) is 8.79 Å². The summed E-state index contributed by atoms with van der Waals surface area (Å²) in [5.41, 5.74) is 4.10. The topological polar surface area (TPSA) is 97.7 Å². The van der Waals surface area contributed by atoms with Gasteiger partial charge in [-0.05, 0) is 23.8 Å². The van der Waals surface area contributed by atoms with E-state index in [9.17, 15) is 19.1 Å². The molecular weight excluding hydrogens is 297 g/mol. The first kappa shape index (κ1) is 13.3. The molecule has 106 valence electrons. The summed E-state index contributed by atoms with van der Waals surface area (Å²) in [6, 6.07) is 5.53. The lowest BCUT2D eigenvalue weighted by Gasteiger charge is -1.95. The van der Waals surface area contributed by atoms with Crippen molar-refractivity contribution in [2.75, 3.05) is 5.73 Å². The van der Waals surface area contributed by atoms with Crippen molar-refractivity contribution >= 4 is 28.1 Å². The maximum absolute atomic E-state index is 12.8. The highest BCUT2D eigenvalue weighted by Gasteiger charge is 2.13. The van der Waals surface area contributed by atoms with Crippen LogP contribution in [-0.4, -0.2) is 14.5 Å². The van der Waals surface area contributed by atoms with Gasteiger partial charge in [0.2, 0.25) is 10.8 Å². The van der Waals surface area contributed by atoms with E-state index in [0.717, 1.165) is 15.7 Å². The van der Waals surface area contributed by atoms with E-state index in [0.29, 0.717) is 5.56 Å². The van der Waals surface area contributed by atoms with E-state index in [1.807, 2.05) is 0 Å². The summed E-state index contributed by atoms with van der Waals surface area (Å²) in [5, 5.41) is 9.42. The molecule has 0 aliphatic heterocycles. The van der Waals surface area contributed by atoms with Crippen LogP contribution in [0.15, 0.2) is 33.9 Å². The molecule has 3 rings (SSSR count). The van der Waals surface area contributed by atoms with Crippen molar-refractivity contribution < 1.29 is 9.50 Å². The van der Waals surface area contributed by atoms with Gasteiger partial charge < -0.3 is 10.8 Å². The Morgan fingerprint density at radius 3 is 2.57 bits per heavy atom. The van der Waals surface area contributed by atoms with Gasteiger partial charge >= 0.3 is 0 Å². The van der Waals surface area contributed by atoms with Crippen molar-refractivity contribution in [2.24, 2.45) is 0 Å². The smallest absolute Gasteiger partial charge is 0.288 e. The molecule has 6 nitrogen and oxygen atoms in total. The van der Waals surface area contributed by atoms with Gasteiger partial charge in [0.25, 0.3) is 11.1 Å². The molecule has 0 aliphatic rings. The number of fused-ring (bicyclic) bond motifs is 1. The van der Waals surface area contributed by atoms with Crippen molar-refractivity contribution in [3.8, 4) is 5.88 Å². The Bertz CT molecular complexity index is 1010. The average Bonchev–Trinajstić information content (AvgIpc) is 2.75. The van der Waals surface area contributed by atoms with Crippen molar-refractivity contribution in [3.05, 3.63) is 60.9 Å². The van der Waals surface area contributed by atoms with Gasteiger partial charge in [-0.2, -0.15) is 4.98 Å². The number of halogens is 1. The highest BCUT2D eigenvalue weighted by atomic mass is 32.1. The highest BCUT2D eigenvalue weighted by molar-refractivity contribution is 7.15. The van der Waals surface area contributed by atoms with E-state index in [1.165, 1.54) is 30.3 Å². The van der Waals surface area contributed by atoms with E-state index in [2.05, 4.69) is 4.98 Å². The molecule has 0 spiro atoms. The molecule has 3 aromatic rings. The van der Waals surface area contributed by atoms with Gasteiger partial charge in [-0.3, -0.25) is 9.59 Å². The van der Waals surface area contributed by atoms with E-state index in [-0.39, 0.29) is 15.3 Å². The Balaban J connectivity index is 2.33. The molecule has 2 heterocycles. The van der Waals surface area contributed by atoms with E-state index in [4.69, 9.17) is 5.73 Å². The van der Waals surface area contributed by atoms with Crippen LogP contribution in [0, 0.1) is 5.82 Å². The van der Waals surface area contributed by atoms with Crippen LogP contribution in [-0.2, 0) is 0 Å². The lowest BCUT2D eigenvalue weighted by molar-refractivity contribution is 0.456. The third-order valence-electron chi connectivity index (χ3n) is 2.85. The van der Waals surface area contributed by atoms with Crippen molar-refractivity contribution in [1.82, 2.24) is 9.38 Å². The molecule has 1 aromatic carbocycles. The van der Waals surface area contributed by atoms with Crippen molar-refractivity contribution in [1.29, 1.82) is 0 Å². The van der Waals surface area contributed by atoms with Gasteiger partial charge in [0.05, 0.1) is 4.53 Å². The van der Waals surface area contributed by atoms with Gasteiger partial charge in [-0.15, -0.1) is 0 Å². The van der Waals surface area contributed by atoms with Crippen molar-refractivity contribution in [3.63, 3.8) is 0 Å². The summed E-state index contributed by atoms with van der Waals surface area (Å²) in [6.07, 6.45) is 1.51. The number of aromatic hydroxyl groups is 1. The maximum Gasteiger partial charge on any atom is 0.288 e. The fourth-order valence-corrected chi connectivity index (χ4v) is 2.76. The van der Waals surface area contributed by atoms with Crippen LogP contribution in [0.4, 0.5) is 10.1 Å². The second-order valence-corrected chi connectivity index (χ2v) is 5.25. The number of nitrogens with two attached hydrogens (primary N) is 1. The quantitative estimate of drug-likeness (QED) is 0.664. The number of aromatic nitrogens is 2. The second-order valence-electron chi connectivity index (χ2n) is 4.24. The Kier molecular flexibility index (Phi) is 2.95. The van der Waals surface area contributed by atoms with Crippen LogP contribution >= 0.6 is 11.3 Å². The van der Waals surface area contributed by atoms with Crippen molar-refractivity contribution in [2.45, 2.75) is 0 Å². The Morgan fingerprint density at radius 1 is 1.24 bits per heavy atom. The lowest BCUT2D eigenvalue weighted by atomic mass is 10.2. The fourth-order valence-electron chi connectivity index (χ4n) is 1.81. The first-order valence-corrected chi connectivity index (χ1v) is 6.60. The van der Waals surface area contributed by atoms with Crippen LogP contribution < -0.4 is 21.4 Å². The molecule has 21 heavy (non-hydrogen) atoms. The molecule has 0 bridgehead atoms. The third kappa shape index (κ3) is 2.15. The zero-order chi connectivity index (χ0) is 15.1. The number of nitrogen functional groups attached to an aromatic ring is 1. The molecule has 0 unspecified atom stereocenters. The normalized spacial score (nSPS) is 12.1. The number of thiazole rings is 1. The standard InChI is InChI=1S/C13H8FN3O3S/c14-7-3-1-6(2-4-7)5-8-11(19)17-12(20)9(15)10(18)16-13(17)21-8/h1-5,18H,15H2/b8-5-. The first-order chi connectivity index (χ1) is 9.97. The maximum atomic E-state index is 12.8. The van der Waals surface area contributed by atoms with Crippen LogP contribution in [0.25, 0.3) is 11.0 Å². The Hall–Kier alpha value is -2.74. The van der Waals surface area contributed by atoms with E-state index >= 15 is 0 Å². The van der Waals surface area contributed by atoms with Crippen LogP contribution in [0.5, 0.6) is 5.88 Å². The number of rotatable bonds is 1. The SMILES string of the molecule is Nc1c(O)nc2s/c(=C\c3ccc(F)cc3)c(=O)n2c1=O. The highest BCUT2D eigenvalue weighted by Crippen LogP contribution is 2.12. The second kappa shape index (κ2) is 4.67. The van der Waals surface area contributed by atoms with Gasteiger partial charge in [0.15, 0.2) is 5.69 Å². The van der Waals surface area contributed by atoms with Crippen LogP contribution in [0.1, 0.15) is 5.56 Å². The minimum absolute atomic E-state index is 0.0464. The number of hydrogen-bond acceptors (Lipinski definition) is 6. The molecule has 0 atom stereocenters. The molecular formula is C13H8FN3O3S. The monoisotopic (exact) mass is 305 g/mol. The molecule has 8 heteroatoms. The Morgan fingerprint density at radius 2 is 1.90 bits per heavy atom. The minimum atomic E-state index is -0.808. The first-order valence-electron chi connectivity index (χ1n) is 5.78. The summed E-state index contributed by atoms with van der Waals surface area (Å²) in [5.74, 6) is -0.990. The number of hydrogen-bond donors (Lipinski definition) is 2. The number of anilines is 1. The fraction of sp³-hybridized carbons (Fsp3) is 0. The zero-order valence-corrected chi connectivity index (χ0v) is 11.2. The van der Waals surface area contributed by atoms with E-state index < -0.39 is 22.7 Å². The van der Waals surface area contributed by atoms with Crippen LogP contribution in [0.3, 0.4) is 0 Å².